The van der Waals surface area contributed by atoms with Crippen molar-refractivity contribution in [3.8, 4) is 24.7 Å². The van der Waals surface area contributed by atoms with Crippen LogP contribution in [-0.2, 0) is 0 Å². The van der Waals surface area contributed by atoms with Crippen molar-refractivity contribution in [3.63, 3.8) is 0 Å². The van der Waals surface area contributed by atoms with E-state index in [1.807, 2.05) is 30.3 Å². The van der Waals surface area contributed by atoms with Crippen molar-refractivity contribution in [1.82, 2.24) is 0 Å². The Bertz CT molecular complexity index is 308. The Kier molecular flexibility index (Phi) is 3.00. The third kappa shape index (κ3) is 1.91. The molecular formula is C12H10. The van der Waals surface area contributed by atoms with Gasteiger partial charge >= 0.3 is 0 Å². The molecular weight excluding hydrogens is 144 g/mol. The maximum absolute atomic E-state index is 5.35. The molecule has 1 atom stereocenters. The lowest BCUT2D eigenvalue weighted by Gasteiger charge is -2.05. The smallest absolute Gasteiger partial charge is 0.0558 e. The summed E-state index contributed by atoms with van der Waals surface area (Å²) in [6, 6.07) is 9.91. The largest absolute Gasteiger partial charge is 0.120 e. The zero-order chi connectivity index (χ0) is 8.81. The summed E-state index contributed by atoms with van der Waals surface area (Å²) in [5.41, 5.74) is 1.12. The summed E-state index contributed by atoms with van der Waals surface area (Å²) >= 11 is 0. The molecule has 1 aromatic carbocycles. The van der Waals surface area contributed by atoms with Crippen LogP contribution < -0.4 is 0 Å². The minimum Gasteiger partial charge on any atom is -0.120 e. The molecule has 0 aliphatic carbocycles. The fourth-order valence-electron chi connectivity index (χ4n) is 1.08. The molecule has 0 nitrogen and oxygen atoms in total. The fourth-order valence-corrected chi connectivity index (χ4v) is 1.08. The van der Waals surface area contributed by atoms with Gasteiger partial charge in [-0.2, -0.15) is 0 Å². The quantitative estimate of drug-likeness (QED) is 0.574. The van der Waals surface area contributed by atoms with E-state index < -0.39 is 0 Å². The van der Waals surface area contributed by atoms with E-state index in [1.165, 1.54) is 0 Å². The third-order valence-electron chi connectivity index (χ3n) is 1.73. The van der Waals surface area contributed by atoms with Gasteiger partial charge in [0.2, 0.25) is 0 Å². The second-order valence-corrected chi connectivity index (χ2v) is 2.54. The highest BCUT2D eigenvalue weighted by molar-refractivity contribution is 5.27. The second kappa shape index (κ2) is 4.27. The molecule has 0 fully saturated rings. The molecule has 0 bridgehead atoms. The maximum atomic E-state index is 5.35. The minimum absolute atomic E-state index is 0.0659. The highest BCUT2D eigenvalue weighted by atomic mass is 14.1. The molecule has 0 saturated carbocycles. The van der Waals surface area contributed by atoms with Gasteiger partial charge in [0.1, 0.15) is 0 Å². The van der Waals surface area contributed by atoms with E-state index in [4.69, 9.17) is 12.8 Å². The van der Waals surface area contributed by atoms with Crippen LogP contribution in [0.1, 0.15) is 17.9 Å². The van der Waals surface area contributed by atoms with E-state index >= 15 is 0 Å². The molecule has 0 amide bonds. The van der Waals surface area contributed by atoms with Crippen LogP contribution in [-0.4, -0.2) is 0 Å². The molecule has 12 heavy (non-hydrogen) atoms. The Hall–Kier alpha value is -1.66. The topological polar surface area (TPSA) is 0 Å². The molecule has 0 saturated heterocycles. The average Bonchev–Trinajstić information content (AvgIpc) is 2.15. The molecule has 1 aromatic rings. The van der Waals surface area contributed by atoms with Crippen molar-refractivity contribution in [2.24, 2.45) is 0 Å². The van der Waals surface area contributed by atoms with Gasteiger partial charge in [0.05, 0.1) is 5.92 Å². The summed E-state index contributed by atoms with van der Waals surface area (Å²) in [5, 5.41) is 0. The van der Waals surface area contributed by atoms with Crippen LogP contribution in [0.2, 0.25) is 0 Å². The van der Waals surface area contributed by atoms with Crippen LogP contribution in [0.25, 0.3) is 0 Å². The lowest BCUT2D eigenvalue weighted by atomic mass is 9.97. The third-order valence-corrected chi connectivity index (χ3v) is 1.73. The Morgan fingerprint density at radius 1 is 1.17 bits per heavy atom. The molecule has 0 aliphatic rings. The predicted octanol–water partition coefficient (Wildman–Crippen LogP) is 2.43. The first-order chi connectivity index (χ1) is 5.88. The van der Waals surface area contributed by atoms with Crippen molar-refractivity contribution in [1.29, 1.82) is 0 Å². The van der Waals surface area contributed by atoms with Crippen LogP contribution in [0.4, 0.5) is 0 Å². The molecule has 0 heteroatoms. The van der Waals surface area contributed by atoms with E-state index in [1.54, 1.807) is 0 Å². The summed E-state index contributed by atoms with van der Waals surface area (Å²) in [7, 11) is 0. The number of hydrogen-bond donors (Lipinski definition) is 0. The van der Waals surface area contributed by atoms with Crippen LogP contribution in [0.5, 0.6) is 0 Å². The lowest BCUT2D eigenvalue weighted by molar-refractivity contribution is 0.915. The summed E-state index contributed by atoms with van der Waals surface area (Å²) in [4.78, 5) is 0. The molecule has 0 heterocycles. The Morgan fingerprint density at radius 3 is 2.33 bits per heavy atom. The van der Waals surface area contributed by atoms with Gasteiger partial charge in [-0.15, -0.1) is 18.8 Å². The SMILES string of the molecule is C#CCC(C#C)c1ccccc1. The van der Waals surface area contributed by atoms with E-state index in [2.05, 4.69) is 11.8 Å². The second-order valence-electron chi connectivity index (χ2n) is 2.54. The van der Waals surface area contributed by atoms with Crippen molar-refractivity contribution >= 4 is 0 Å². The van der Waals surface area contributed by atoms with E-state index in [9.17, 15) is 0 Å². The van der Waals surface area contributed by atoms with Crippen molar-refractivity contribution < 1.29 is 0 Å². The molecule has 58 valence electrons. The van der Waals surface area contributed by atoms with E-state index in [0.717, 1.165) is 5.56 Å². The van der Waals surface area contributed by atoms with Crippen molar-refractivity contribution in [2.45, 2.75) is 12.3 Å². The van der Waals surface area contributed by atoms with Crippen LogP contribution in [0, 0.1) is 24.7 Å². The van der Waals surface area contributed by atoms with E-state index in [-0.39, 0.29) is 5.92 Å². The first kappa shape index (κ1) is 8.44. The zero-order valence-electron chi connectivity index (χ0n) is 6.83. The number of hydrogen-bond acceptors (Lipinski definition) is 0. The summed E-state index contributed by atoms with van der Waals surface area (Å²) in [6.45, 7) is 0. The molecule has 0 aliphatic heterocycles. The highest BCUT2D eigenvalue weighted by Crippen LogP contribution is 2.16. The Morgan fingerprint density at radius 2 is 1.83 bits per heavy atom. The number of rotatable bonds is 2. The zero-order valence-corrected chi connectivity index (χ0v) is 6.83. The standard InChI is InChI=1S/C12H10/c1-3-8-11(4-2)12-9-6-5-7-10-12/h1-2,5-7,9-11H,8H2. The van der Waals surface area contributed by atoms with Crippen LogP contribution in [0.15, 0.2) is 30.3 Å². The van der Waals surface area contributed by atoms with Gasteiger partial charge in [-0.1, -0.05) is 36.3 Å². The van der Waals surface area contributed by atoms with Crippen molar-refractivity contribution in [2.75, 3.05) is 0 Å². The molecule has 0 spiro atoms. The van der Waals surface area contributed by atoms with Gasteiger partial charge in [0, 0.05) is 6.42 Å². The molecule has 0 radical (unpaired) electrons. The highest BCUT2D eigenvalue weighted by Gasteiger charge is 2.04. The van der Waals surface area contributed by atoms with Crippen LogP contribution >= 0.6 is 0 Å². The van der Waals surface area contributed by atoms with Gasteiger partial charge in [-0.3, -0.25) is 0 Å². The number of terminal acetylenes is 2. The normalized spacial score (nSPS) is 11.2. The van der Waals surface area contributed by atoms with Gasteiger partial charge in [0.25, 0.3) is 0 Å². The number of benzene rings is 1. The Labute approximate surface area is 73.6 Å². The average molecular weight is 154 g/mol. The predicted molar refractivity (Wildman–Crippen MR) is 51.5 cm³/mol. The monoisotopic (exact) mass is 154 g/mol. The molecule has 0 N–H and O–H groups in total. The Balaban J connectivity index is 2.84. The van der Waals surface area contributed by atoms with Gasteiger partial charge in [-0.05, 0) is 5.56 Å². The molecule has 0 aromatic heterocycles. The van der Waals surface area contributed by atoms with Gasteiger partial charge in [-0.25, -0.2) is 0 Å². The van der Waals surface area contributed by atoms with E-state index in [0.29, 0.717) is 6.42 Å². The molecule has 1 rings (SSSR count). The van der Waals surface area contributed by atoms with Crippen LogP contribution in [0.3, 0.4) is 0 Å². The van der Waals surface area contributed by atoms with Crippen molar-refractivity contribution in [3.05, 3.63) is 35.9 Å². The first-order valence-corrected chi connectivity index (χ1v) is 3.83. The fraction of sp³-hybridized carbons (Fsp3) is 0.167. The lowest BCUT2D eigenvalue weighted by Crippen LogP contribution is -1.92. The first-order valence-electron chi connectivity index (χ1n) is 3.83. The summed E-state index contributed by atoms with van der Waals surface area (Å²) in [5.74, 6) is 5.32. The molecule has 1 unspecified atom stereocenters. The summed E-state index contributed by atoms with van der Waals surface area (Å²) < 4.78 is 0. The summed E-state index contributed by atoms with van der Waals surface area (Å²) in [6.07, 6.45) is 11.2. The maximum Gasteiger partial charge on any atom is 0.0558 e. The van der Waals surface area contributed by atoms with Gasteiger partial charge < -0.3 is 0 Å². The minimum atomic E-state index is 0.0659. The van der Waals surface area contributed by atoms with Gasteiger partial charge in [0.15, 0.2) is 0 Å².